The Balaban J connectivity index is 2.02. The van der Waals surface area contributed by atoms with E-state index in [0.717, 1.165) is 0 Å². The van der Waals surface area contributed by atoms with Crippen molar-refractivity contribution < 1.29 is 23.5 Å². The van der Waals surface area contributed by atoms with Gasteiger partial charge in [0.1, 0.15) is 0 Å². The van der Waals surface area contributed by atoms with Crippen LogP contribution in [0.25, 0.3) is 0 Å². The van der Waals surface area contributed by atoms with Crippen LogP contribution in [0, 0.1) is 11.3 Å². The highest BCUT2D eigenvalue weighted by Crippen LogP contribution is 2.44. The highest BCUT2D eigenvalue weighted by atomic mass is 19.3. The number of alkyl halides is 2. The summed E-state index contributed by atoms with van der Waals surface area (Å²) in [6.45, 7) is 2.48. The normalized spacial score (nSPS) is 28.9. The number of rotatable bonds is 2. The van der Waals surface area contributed by atoms with Crippen LogP contribution in [0.4, 0.5) is 8.78 Å². The van der Waals surface area contributed by atoms with Gasteiger partial charge >= 0.3 is 5.97 Å². The smallest absolute Gasteiger partial charge is 0.308 e. The number of aliphatic carboxylic acids is 1. The summed E-state index contributed by atoms with van der Waals surface area (Å²) < 4.78 is 26.4. The molecule has 2 fully saturated rings. The van der Waals surface area contributed by atoms with Crippen molar-refractivity contribution in [2.75, 3.05) is 13.1 Å². The monoisotopic (exact) mass is 289 g/mol. The van der Waals surface area contributed by atoms with Gasteiger partial charge in [0, 0.05) is 31.3 Å². The molecule has 1 saturated carbocycles. The Labute approximate surface area is 117 Å². The molecule has 0 aromatic carbocycles. The highest BCUT2D eigenvalue weighted by molar-refractivity contribution is 5.83. The first-order valence-electron chi connectivity index (χ1n) is 7.14. The van der Waals surface area contributed by atoms with Crippen LogP contribution in [0.1, 0.15) is 45.4 Å². The molecule has 1 unspecified atom stereocenters. The number of nitrogens with zero attached hydrogens (tertiary/aromatic N) is 1. The molecule has 1 atom stereocenters. The second-order valence-electron chi connectivity index (χ2n) is 6.35. The van der Waals surface area contributed by atoms with Gasteiger partial charge in [-0.05, 0) is 25.7 Å². The lowest BCUT2D eigenvalue weighted by molar-refractivity contribution is -0.153. The van der Waals surface area contributed by atoms with Gasteiger partial charge in [0.15, 0.2) is 0 Å². The fourth-order valence-electron chi connectivity index (χ4n) is 3.13. The van der Waals surface area contributed by atoms with Crippen molar-refractivity contribution in [1.29, 1.82) is 0 Å². The van der Waals surface area contributed by atoms with Gasteiger partial charge in [0.25, 0.3) is 0 Å². The quantitative estimate of drug-likeness (QED) is 0.850. The van der Waals surface area contributed by atoms with E-state index in [0.29, 0.717) is 19.4 Å². The van der Waals surface area contributed by atoms with Crippen molar-refractivity contribution >= 4 is 11.9 Å². The number of hydrogen-bond donors (Lipinski definition) is 1. The molecule has 1 amide bonds. The van der Waals surface area contributed by atoms with E-state index in [-0.39, 0.29) is 38.1 Å². The number of amides is 1. The zero-order chi connectivity index (χ0) is 15.0. The number of carboxylic acid groups (broad SMARTS) is 1. The summed E-state index contributed by atoms with van der Waals surface area (Å²) in [7, 11) is 0. The molecule has 1 N–H and O–H groups in total. The molecule has 0 spiro atoms. The predicted octanol–water partition coefficient (Wildman–Crippen LogP) is 2.53. The summed E-state index contributed by atoms with van der Waals surface area (Å²) in [5, 5.41) is 9.04. The van der Waals surface area contributed by atoms with Crippen molar-refractivity contribution in [3.63, 3.8) is 0 Å². The van der Waals surface area contributed by atoms with Crippen molar-refractivity contribution in [1.82, 2.24) is 4.90 Å². The van der Waals surface area contributed by atoms with Crippen molar-refractivity contribution in [3.05, 3.63) is 0 Å². The fourth-order valence-corrected chi connectivity index (χ4v) is 3.13. The molecule has 2 rings (SSSR count). The molecule has 0 aromatic heterocycles. The minimum Gasteiger partial charge on any atom is -0.481 e. The Bertz CT molecular complexity index is 401. The Morgan fingerprint density at radius 1 is 1.20 bits per heavy atom. The highest BCUT2D eigenvalue weighted by Gasteiger charge is 2.46. The largest absolute Gasteiger partial charge is 0.481 e. The minimum absolute atomic E-state index is 0.154. The van der Waals surface area contributed by atoms with E-state index >= 15 is 0 Å². The Morgan fingerprint density at radius 2 is 1.80 bits per heavy atom. The fraction of sp³-hybridized carbons (Fsp3) is 0.857. The SMILES string of the molecule is CC1(C(=O)N2CCCC(C(=O)O)C2)CCC(F)(F)CC1. The van der Waals surface area contributed by atoms with Crippen LogP contribution < -0.4 is 0 Å². The van der Waals surface area contributed by atoms with Gasteiger partial charge < -0.3 is 10.0 Å². The van der Waals surface area contributed by atoms with Crippen LogP contribution in [0.15, 0.2) is 0 Å². The molecule has 114 valence electrons. The third-order valence-electron chi connectivity index (χ3n) is 4.66. The summed E-state index contributed by atoms with van der Waals surface area (Å²) in [5.74, 6) is -4.23. The summed E-state index contributed by atoms with van der Waals surface area (Å²) >= 11 is 0. The van der Waals surface area contributed by atoms with Crippen molar-refractivity contribution in [2.24, 2.45) is 11.3 Å². The maximum Gasteiger partial charge on any atom is 0.308 e. The molecular formula is C14H21F2NO3. The number of likely N-dealkylation sites (tertiary alicyclic amines) is 1. The van der Waals surface area contributed by atoms with E-state index in [1.165, 1.54) is 0 Å². The minimum atomic E-state index is -2.66. The number of halogens is 2. The molecule has 0 aromatic rings. The van der Waals surface area contributed by atoms with Crippen molar-refractivity contribution in [2.45, 2.75) is 51.4 Å². The van der Waals surface area contributed by atoms with Crippen LogP contribution in [0.5, 0.6) is 0 Å². The molecule has 6 heteroatoms. The first-order chi connectivity index (χ1) is 9.23. The topological polar surface area (TPSA) is 57.6 Å². The molecule has 1 saturated heterocycles. The number of carbonyl (C=O) groups is 2. The molecule has 0 radical (unpaired) electrons. The van der Waals surface area contributed by atoms with Gasteiger partial charge in [-0.3, -0.25) is 9.59 Å². The summed E-state index contributed by atoms with van der Waals surface area (Å²) in [4.78, 5) is 25.1. The third kappa shape index (κ3) is 3.10. The molecule has 1 aliphatic heterocycles. The summed E-state index contributed by atoms with van der Waals surface area (Å²) in [6.07, 6.45) is 1.07. The number of carboxylic acids is 1. The average Bonchev–Trinajstić information content (AvgIpc) is 2.42. The number of piperidine rings is 1. The van der Waals surface area contributed by atoms with E-state index < -0.39 is 23.2 Å². The summed E-state index contributed by atoms with van der Waals surface area (Å²) in [6, 6.07) is 0. The van der Waals surface area contributed by atoms with Gasteiger partial charge in [0.05, 0.1) is 5.92 Å². The molecule has 4 nitrogen and oxygen atoms in total. The predicted molar refractivity (Wildman–Crippen MR) is 68.5 cm³/mol. The van der Waals surface area contributed by atoms with Gasteiger partial charge in [-0.15, -0.1) is 0 Å². The molecule has 2 aliphatic rings. The first-order valence-corrected chi connectivity index (χ1v) is 7.14. The maximum atomic E-state index is 13.2. The third-order valence-corrected chi connectivity index (χ3v) is 4.66. The zero-order valence-corrected chi connectivity index (χ0v) is 11.7. The first kappa shape index (κ1) is 15.2. The molecule has 20 heavy (non-hydrogen) atoms. The van der Waals surface area contributed by atoms with Gasteiger partial charge in [0.2, 0.25) is 11.8 Å². The van der Waals surface area contributed by atoms with Crippen LogP contribution in [-0.4, -0.2) is 40.9 Å². The van der Waals surface area contributed by atoms with E-state index in [1.54, 1.807) is 11.8 Å². The Morgan fingerprint density at radius 3 is 2.35 bits per heavy atom. The average molecular weight is 289 g/mol. The Hall–Kier alpha value is -1.20. The van der Waals surface area contributed by atoms with Crippen LogP contribution >= 0.6 is 0 Å². The molecule has 0 bridgehead atoms. The lowest BCUT2D eigenvalue weighted by Crippen LogP contribution is -2.50. The van der Waals surface area contributed by atoms with E-state index in [4.69, 9.17) is 5.11 Å². The molecule has 1 heterocycles. The van der Waals surface area contributed by atoms with E-state index in [1.807, 2.05) is 0 Å². The van der Waals surface area contributed by atoms with E-state index in [2.05, 4.69) is 0 Å². The van der Waals surface area contributed by atoms with Gasteiger partial charge in [-0.1, -0.05) is 6.92 Å². The van der Waals surface area contributed by atoms with Crippen LogP contribution in [0.3, 0.4) is 0 Å². The lowest BCUT2D eigenvalue weighted by atomic mass is 9.73. The van der Waals surface area contributed by atoms with Crippen LogP contribution in [-0.2, 0) is 9.59 Å². The second-order valence-corrected chi connectivity index (χ2v) is 6.35. The maximum absolute atomic E-state index is 13.2. The molecular weight excluding hydrogens is 268 g/mol. The summed E-state index contributed by atoms with van der Waals surface area (Å²) in [5.41, 5.74) is -0.762. The van der Waals surface area contributed by atoms with Gasteiger partial charge in [-0.25, -0.2) is 8.78 Å². The second kappa shape index (κ2) is 5.30. The van der Waals surface area contributed by atoms with E-state index in [9.17, 15) is 18.4 Å². The number of hydrogen-bond acceptors (Lipinski definition) is 2. The zero-order valence-electron chi connectivity index (χ0n) is 11.7. The van der Waals surface area contributed by atoms with Gasteiger partial charge in [-0.2, -0.15) is 0 Å². The standard InChI is InChI=1S/C14H21F2NO3/c1-13(4-6-14(15,16)7-5-13)12(20)17-8-2-3-10(9-17)11(18)19/h10H,2-9H2,1H3,(H,18,19). The Kier molecular flexibility index (Phi) is 4.02. The molecule has 1 aliphatic carbocycles. The van der Waals surface area contributed by atoms with Crippen LogP contribution in [0.2, 0.25) is 0 Å². The number of carbonyl (C=O) groups excluding carboxylic acids is 1. The lowest BCUT2D eigenvalue weighted by Gasteiger charge is -2.41. The van der Waals surface area contributed by atoms with Crippen molar-refractivity contribution in [3.8, 4) is 0 Å².